The summed E-state index contributed by atoms with van der Waals surface area (Å²) in [5, 5.41) is 0.553. The van der Waals surface area contributed by atoms with Crippen molar-refractivity contribution in [2.45, 2.75) is 19.4 Å². The van der Waals surface area contributed by atoms with Crippen LogP contribution >= 0.6 is 0 Å². The van der Waals surface area contributed by atoms with Crippen molar-refractivity contribution in [3.63, 3.8) is 0 Å². The molecule has 1 fully saturated rings. The normalized spacial score (nSPS) is 16.6. The summed E-state index contributed by atoms with van der Waals surface area (Å²) in [5.74, 6) is -0.570. The van der Waals surface area contributed by atoms with Crippen LogP contribution in [-0.2, 0) is 7.05 Å². The minimum absolute atomic E-state index is 0.110. The van der Waals surface area contributed by atoms with E-state index >= 15 is 0 Å². The Balaban J connectivity index is 1.73. The van der Waals surface area contributed by atoms with Crippen LogP contribution in [0.4, 0.5) is 4.39 Å². The standard InChI is InChI=1S/C21H19FN2O2/c1-13-3-8-19-16(11-13)20(25)17(12-23(19)2)21(26)24-10-9-18(24)14-4-6-15(22)7-5-14/h3-8,11-12,18H,9-10H2,1-2H3/t18-/m1/s1. The first kappa shape index (κ1) is 16.5. The number of amides is 1. The van der Waals surface area contributed by atoms with Crippen molar-refractivity contribution in [1.82, 2.24) is 9.47 Å². The number of benzene rings is 2. The highest BCUT2D eigenvalue weighted by atomic mass is 19.1. The van der Waals surface area contributed by atoms with E-state index in [1.807, 2.05) is 36.7 Å². The van der Waals surface area contributed by atoms with E-state index in [1.165, 1.54) is 12.1 Å². The van der Waals surface area contributed by atoms with Gasteiger partial charge in [0, 0.05) is 25.2 Å². The molecule has 0 spiro atoms. The van der Waals surface area contributed by atoms with Gasteiger partial charge in [-0.25, -0.2) is 4.39 Å². The first-order valence-electron chi connectivity index (χ1n) is 8.62. The van der Waals surface area contributed by atoms with Gasteiger partial charge in [-0.2, -0.15) is 0 Å². The zero-order chi connectivity index (χ0) is 18.4. The van der Waals surface area contributed by atoms with Gasteiger partial charge in [0.05, 0.1) is 11.6 Å². The highest BCUT2D eigenvalue weighted by molar-refractivity contribution is 5.98. The van der Waals surface area contributed by atoms with Crippen LogP contribution in [0.25, 0.3) is 10.9 Å². The van der Waals surface area contributed by atoms with Crippen molar-refractivity contribution >= 4 is 16.8 Å². The van der Waals surface area contributed by atoms with Gasteiger partial charge in [-0.15, -0.1) is 0 Å². The molecule has 1 aliphatic rings. The van der Waals surface area contributed by atoms with Crippen molar-refractivity contribution in [3.05, 3.63) is 81.4 Å². The van der Waals surface area contributed by atoms with Crippen LogP contribution in [-0.4, -0.2) is 21.9 Å². The van der Waals surface area contributed by atoms with E-state index in [0.29, 0.717) is 11.9 Å². The number of carbonyl (C=O) groups excluding carboxylic acids is 1. The Labute approximate surface area is 150 Å². The minimum Gasteiger partial charge on any atom is -0.350 e. The molecule has 0 unspecified atom stereocenters. The molecule has 0 radical (unpaired) electrons. The quantitative estimate of drug-likeness (QED) is 0.709. The number of likely N-dealkylation sites (tertiary alicyclic amines) is 1. The van der Waals surface area contributed by atoms with Crippen molar-refractivity contribution in [3.8, 4) is 0 Å². The lowest BCUT2D eigenvalue weighted by molar-refractivity contribution is 0.0458. The molecule has 2 heterocycles. The Morgan fingerprint density at radius 2 is 1.88 bits per heavy atom. The fourth-order valence-corrected chi connectivity index (χ4v) is 3.58. The molecule has 0 bridgehead atoms. The van der Waals surface area contributed by atoms with Crippen LogP contribution in [0.3, 0.4) is 0 Å². The van der Waals surface area contributed by atoms with E-state index in [4.69, 9.17) is 0 Å². The monoisotopic (exact) mass is 350 g/mol. The molecule has 1 saturated heterocycles. The highest BCUT2D eigenvalue weighted by Gasteiger charge is 2.35. The molecule has 132 valence electrons. The van der Waals surface area contributed by atoms with Gasteiger partial charge in [0.15, 0.2) is 0 Å². The Kier molecular flexibility index (Phi) is 3.87. The van der Waals surface area contributed by atoms with Gasteiger partial charge < -0.3 is 9.47 Å². The number of aryl methyl sites for hydroxylation is 2. The summed E-state index contributed by atoms with van der Waals surface area (Å²) in [5.41, 5.74) is 2.61. The molecule has 1 aliphatic heterocycles. The fraction of sp³-hybridized carbons (Fsp3) is 0.238. The molecular weight excluding hydrogens is 331 g/mol. The number of halogens is 1. The second kappa shape index (κ2) is 6.09. The van der Waals surface area contributed by atoms with Crippen LogP contribution in [0.2, 0.25) is 0 Å². The Bertz CT molecular complexity index is 1070. The second-order valence-corrected chi connectivity index (χ2v) is 6.86. The lowest BCUT2D eigenvalue weighted by Gasteiger charge is -2.41. The number of nitrogens with zero attached hydrogens (tertiary/aromatic N) is 2. The van der Waals surface area contributed by atoms with Gasteiger partial charge in [0.25, 0.3) is 5.91 Å². The molecule has 3 aromatic rings. The van der Waals surface area contributed by atoms with Crippen molar-refractivity contribution in [2.24, 2.45) is 7.05 Å². The van der Waals surface area contributed by atoms with Gasteiger partial charge in [0.2, 0.25) is 5.43 Å². The average Bonchev–Trinajstić information content (AvgIpc) is 2.59. The average molecular weight is 350 g/mol. The van der Waals surface area contributed by atoms with E-state index < -0.39 is 0 Å². The molecule has 0 saturated carbocycles. The largest absolute Gasteiger partial charge is 0.350 e. The predicted octanol–water partition coefficient (Wildman–Crippen LogP) is 3.57. The number of aromatic nitrogens is 1. The Hall–Kier alpha value is -2.95. The van der Waals surface area contributed by atoms with E-state index in [2.05, 4.69) is 0 Å². The SMILES string of the molecule is Cc1ccc2c(c1)c(=O)c(C(=O)N1CC[C@@H]1c1ccc(F)cc1)cn2C. The molecule has 1 aromatic heterocycles. The number of carbonyl (C=O) groups is 1. The second-order valence-electron chi connectivity index (χ2n) is 6.86. The molecule has 26 heavy (non-hydrogen) atoms. The number of rotatable bonds is 2. The minimum atomic E-state index is -0.301. The maximum atomic E-state index is 13.1. The molecule has 1 amide bonds. The molecule has 0 aliphatic carbocycles. The maximum Gasteiger partial charge on any atom is 0.259 e. The lowest BCUT2D eigenvalue weighted by atomic mass is 9.93. The lowest BCUT2D eigenvalue weighted by Crippen LogP contribution is -2.46. The van der Waals surface area contributed by atoms with E-state index in [0.717, 1.165) is 23.1 Å². The maximum absolute atomic E-state index is 13.1. The van der Waals surface area contributed by atoms with Crippen LogP contribution < -0.4 is 5.43 Å². The molecule has 1 atom stereocenters. The van der Waals surface area contributed by atoms with Crippen molar-refractivity contribution < 1.29 is 9.18 Å². The summed E-state index contributed by atoms with van der Waals surface area (Å²) in [6.45, 7) is 2.52. The van der Waals surface area contributed by atoms with E-state index in [1.54, 1.807) is 23.2 Å². The van der Waals surface area contributed by atoms with Crippen molar-refractivity contribution in [1.29, 1.82) is 0 Å². The molecular formula is C21H19FN2O2. The summed E-state index contributed by atoms with van der Waals surface area (Å²) < 4.78 is 15.0. The van der Waals surface area contributed by atoms with Gasteiger partial charge in [-0.3, -0.25) is 9.59 Å². The third-order valence-electron chi connectivity index (χ3n) is 5.11. The van der Waals surface area contributed by atoms with Crippen LogP contribution in [0, 0.1) is 12.7 Å². The third kappa shape index (κ3) is 2.60. The molecule has 2 aromatic carbocycles. The smallest absolute Gasteiger partial charge is 0.259 e. The van der Waals surface area contributed by atoms with Crippen LogP contribution in [0.15, 0.2) is 53.5 Å². The zero-order valence-electron chi connectivity index (χ0n) is 14.7. The van der Waals surface area contributed by atoms with Gasteiger partial charge in [-0.1, -0.05) is 23.8 Å². The summed E-state index contributed by atoms with van der Waals surface area (Å²) in [7, 11) is 1.83. The summed E-state index contributed by atoms with van der Waals surface area (Å²) in [4.78, 5) is 27.6. The molecule has 5 heteroatoms. The Morgan fingerprint density at radius 1 is 1.15 bits per heavy atom. The van der Waals surface area contributed by atoms with E-state index in [9.17, 15) is 14.0 Å². The molecule has 4 rings (SSSR count). The summed E-state index contributed by atoms with van der Waals surface area (Å²) >= 11 is 0. The van der Waals surface area contributed by atoms with Gasteiger partial charge in [0.1, 0.15) is 11.4 Å². The van der Waals surface area contributed by atoms with Crippen molar-refractivity contribution in [2.75, 3.05) is 6.54 Å². The number of fused-ring (bicyclic) bond motifs is 1. The summed E-state index contributed by atoms with van der Waals surface area (Å²) in [6.07, 6.45) is 2.42. The number of hydrogen-bond acceptors (Lipinski definition) is 2. The number of pyridine rings is 1. The van der Waals surface area contributed by atoms with Crippen LogP contribution in [0.1, 0.15) is 33.9 Å². The van der Waals surface area contributed by atoms with Crippen LogP contribution in [0.5, 0.6) is 0 Å². The highest BCUT2D eigenvalue weighted by Crippen LogP contribution is 2.34. The topological polar surface area (TPSA) is 42.3 Å². The fourth-order valence-electron chi connectivity index (χ4n) is 3.58. The predicted molar refractivity (Wildman–Crippen MR) is 98.7 cm³/mol. The first-order chi connectivity index (χ1) is 12.5. The summed E-state index contributed by atoms with van der Waals surface area (Å²) in [6, 6.07) is 11.7. The first-order valence-corrected chi connectivity index (χ1v) is 8.62. The third-order valence-corrected chi connectivity index (χ3v) is 5.11. The molecule has 4 nitrogen and oxygen atoms in total. The zero-order valence-corrected chi connectivity index (χ0v) is 14.7. The number of hydrogen-bond donors (Lipinski definition) is 0. The molecule has 0 N–H and O–H groups in total. The van der Waals surface area contributed by atoms with Gasteiger partial charge in [-0.05, 0) is 43.2 Å². The van der Waals surface area contributed by atoms with Gasteiger partial charge >= 0.3 is 0 Å². The Morgan fingerprint density at radius 3 is 2.54 bits per heavy atom. The van der Waals surface area contributed by atoms with E-state index in [-0.39, 0.29) is 28.8 Å².